The number of carbonyl (C=O) groups is 2. The maximum absolute atomic E-state index is 12.5. The van der Waals surface area contributed by atoms with Crippen LogP contribution in [0.4, 0.5) is 5.69 Å². The molecule has 1 aromatic carbocycles. The molecule has 2 heterocycles. The van der Waals surface area contributed by atoms with Crippen LogP contribution >= 0.6 is 0 Å². The van der Waals surface area contributed by atoms with Crippen molar-refractivity contribution in [3.05, 3.63) is 29.8 Å². The van der Waals surface area contributed by atoms with Crippen LogP contribution in [-0.4, -0.2) is 43.8 Å². The highest BCUT2D eigenvalue weighted by molar-refractivity contribution is 7.91. The van der Waals surface area contributed by atoms with E-state index in [0.717, 1.165) is 5.56 Å². The Hall–Kier alpha value is -1.89. The van der Waals surface area contributed by atoms with Gasteiger partial charge in [0.25, 0.3) is 0 Å². The van der Waals surface area contributed by atoms with Gasteiger partial charge < -0.3 is 5.32 Å². The van der Waals surface area contributed by atoms with E-state index in [-0.39, 0.29) is 29.4 Å². The zero-order valence-corrected chi connectivity index (χ0v) is 13.8. The van der Waals surface area contributed by atoms with E-state index >= 15 is 0 Å². The summed E-state index contributed by atoms with van der Waals surface area (Å²) in [6.45, 7) is 1.96. The van der Waals surface area contributed by atoms with E-state index in [4.69, 9.17) is 0 Å². The van der Waals surface area contributed by atoms with Gasteiger partial charge in [0.1, 0.15) is 6.04 Å². The molecular weight excluding hydrogens is 316 g/mol. The number of sulfone groups is 1. The van der Waals surface area contributed by atoms with Gasteiger partial charge in [0, 0.05) is 18.2 Å². The first-order valence-corrected chi connectivity index (χ1v) is 9.57. The van der Waals surface area contributed by atoms with Gasteiger partial charge in [0.15, 0.2) is 9.84 Å². The number of hydrogen-bond donors (Lipinski definition) is 1. The van der Waals surface area contributed by atoms with Gasteiger partial charge in [-0.1, -0.05) is 17.7 Å². The average molecular weight is 336 g/mol. The molecule has 0 aromatic heterocycles. The van der Waals surface area contributed by atoms with Crippen molar-refractivity contribution in [1.29, 1.82) is 0 Å². The third-order valence-corrected chi connectivity index (χ3v) is 6.17. The maximum atomic E-state index is 12.5. The molecule has 0 spiro atoms. The van der Waals surface area contributed by atoms with Crippen molar-refractivity contribution in [3.8, 4) is 0 Å². The van der Waals surface area contributed by atoms with Crippen LogP contribution in [0.3, 0.4) is 0 Å². The summed E-state index contributed by atoms with van der Waals surface area (Å²) in [4.78, 5) is 26.2. The SMILES string of the molecule is Cc1ccc(N2C(=O)CCC2C(=O)NC2CCS(=O)(=O)C2)cc1. The zero-order chi connectivity index (χ0) is 16.6. The molecule has 2 aliphatic rings. The van der Waals surface area contributed by atoms with Crippen LogP contribution < -0.4 is 10.2 Å². The lowest BCUT2D eigenvalue weighted by Crippen LogP contribution is -2.48. The lowest BCUT2D eigenvalue weighted by atomic mass is 10.1. The second kappa shape index (κ2) is 5.96. The molecule has 1 N–H and O–H groups in total. The molecule has 2 amide bonds. The van der Waals surface area contributed by atoms with Gasteiger partial charge in [0.05, 0.1) is 11.5 Å². The van der Waals surface area contributed by atoms with Crippen molar-refractivity contribution in [3.63, 3.8) is 0 Å². The Morgan fingerprint density at radius 2 is 1.91 bits per heavy atom. The Labute approximate surface area is 135 Å². The quantitative estimate of drug-likeness (QED) is 0.885. The van der Waals surface area contributed by atoms with Gasteiger partial charge in [-0.15, -0.1) is 0 Å². The number of aryl methyl sites for hydroxylation is 1. The minimum atomic E-state index is -3.04. The Kier molecular flexibility index (Phi) is 4.14. The van der Waals surface area contributed by atoms with E-state index in [1.807, 2.05) is 31.2 Å². The molecule has 0 radical (unpaired) electrons. The van der Waals surface area contributed by atoms with E-state index in [9.17, 15) is 18.0 Å². The fourth-order valence-electron chi connectivity index (χ4n) is 3.17. The molecule has 1 aromatic rings. The molecule has 3 rings (SSSR count). The van der Waals surface area contributed by atoms with Crippen molar-refractivity contribution < 1.29 is 18.0 Å². The van der Waals surface area contributed by atoms with Gasteiger partial charge in [-0.2, -0.15) is 0 Å². The Balaban J connectivity index is 1.74. The third-order valence-electron chi connectivity index (χ3n) is 4.41. The molecule has 124 valence electrons. The van der Waals surface area contributed by atoms with E-state index in [2.05, 4.69) is 5.32 Å². The molecule has 2 saturated heterocycles. The normalized spacial score (nSPS) is 26.5. The monoisotopic (exact) mass is 336 g/mol. The summed E-state index contributed by atoms with van der Waals surface area (Å²) in [5.74, 6) is -0.237. The number of nitrogens with zero attached hydrogens (tertiary/aromatic N) is 1. The number of nitrogens with one attached hydrogen (secondary N) is 1. The minimum absolute atomic E-state index is 0.00998. The van der Waals surface area contributed by atoms with Gasteiger partial charge in [-0.25, -0.2) is 8.42 Å². The van der Waals surface area contributed by atoms with Crippen molar-refractivity contribution in [2.45, 2.75) is 38.3 Å². The Bertz CT molecular complexity index is 727. The first-order valence-electron chi connectivity index (χ1n) is 7.75. The predicted octanol–water partition coefficient (Wildman–Crippen LogP) is 0.794. The number of amides is 2. The average Bonchev–Trinajstić information content (AvgIpc) is 3.02. The standard InChI is InChI=1S/C16H20N2O4S/c1-11-2-4-13(5-3-11)18-14(6-7-15(18)19)16(20)17-12-8-9-23(21,22)10-12/h2-5,12,14H,6-10H2,1H3,(H,17,20). The first kappa shape index (κ1) is 16.0. The Morgan fingerprint density at radius 1 is 1.22 bits per heavy atom. The summed E-state index contributed by atoms with van der Waals surface area (Å²) >= 11 is 0. The summed E-state index contributed by atoms with van der Waals surface area (Å²) < 4.78 is 23.0. The topological polar surface area (TPSA) is 83.6 Å². The second-order valence-corrected chi connectivity index (χ2v) is 8.49. The number of benzene rings is 1. The van der Waals surface area contributed by atoms with Gasteiger partial charge in [-0.3, -0.25) is 14.5 Å². The fraction of sp³-hybridized carbons (Fsp3) is 0.500. The van der Waals surface area contributed by atoms with Gasteiger partial charge in [0.2, 0.25) is 11.8 Å². The molecule has 0 saturated carbocycles. The van der Waals surface area contributed by atoms with Crippen molar-refractivity contribution in [1.82, 2.24) is 5.32 Å². The van der Waals surface area contributed by atoms with Crippen LogP contribution in [-0.2, 0) is 19.4 Å². The molecule has 0 aliphatic carbocycles. The fourth-order valence-corrected chi connectivity index (χ4v) is 4.84. The number of anilines is 1. The van der Waals surface area contributed by atoms with Crippen LogP contribution in [0.25, 0.3) is 0 Å². The molecular formula is C16H20N2O4S. The molecule has 2 fully saturated rings. The summed E-state index contributed by atoms with van der Waals surface area (Å²) in [5, 5.41) is 2.80. The summed E-state index contributed by atoms with van der Waals surface area (Å²) in [5.41, 5.74) is 1.79. The van der Waals surface area contributed by atoms with E-state index in [1.54, 1.807) is 0 Å². The highest BCUT2D eigenvalue weighted by Gasteiger charge is 2.39. The van der Waals surface area contributed by atoms with Crippen molar-refractivity contribution >= 4 is 27.3 Å². The minimum Gasteiger partial charge on any atom is -0.351 e. The molecule has 2 aliphatic heterocycles. The summed E-state index contributed by atoms with van der Waals surface area (Å²) in [6, 6.07) is 6.56. The van der Waals surface area contributed by atoms with Crippen LogP contribution in [0.15, 0.2) is 24.3 Å². The largest absolute Gasteiger partial charge is 0.351 e. The van der Waals surface area contributed by atoms with Crippen LogP contribution in [0.1, 0.15) is 24.8 Å². The number of hydrogen-bond acceptors (Lipinski definition) is 4. The Morgan fingerprint density at radius 3 is 2.52 bits per heavy atom. The first-order chi connectivity index (χ1) is 10.9. The number of rotatable bonds is 3. The molecule has 6 nitrogen and oxygen atoms in total. The van der Waals surface area contributed by atoms with Gasteiger partial charge >= 0.3 is 0 Å². The molecule has 0 bridgehead atoms. The number of carbonyl (C=O) groups excluding carboxylic acids is 2. The molecule has 23 heavy (non-hydrogen) atoms. The van der Waals surface area contributed by atoms with E-state index in [0.29, 0.717) is 24.9 Å². The summed E-state index contributed by atoms with van der Waals surface area (Å²) in [6.07, 6.45) is 1.23. The van der Waals surface area contributed by atoms with E-state index < -0.39 is 15.9 Å². The van der Waals surface area contributed by atoms with Crippen LogP contribution in [0, 0.1) is 6.92 Å². The second-order valence-electron chi connectivity index (χ2n) is 6.26. The smallest absolute Gasteiger partial charge is 0.243 e. The lowest BCUT2D eigenvalue weighted by Gasteiger charge is -2.25. The van der Waals surface area contributed by atoms with Gasteiger partial charge in [-0.05, 0) is 31.9 Å². The molecule has 2 atom stereocenters. The highest BCUT2D eigenvalue weighted by Crippen LogP contribution is 2.27. The van der Waals surface area contributed by atoms with Crippen LogP contribution in [0.5, 0.6) is 0 Å². The molecule has 7 heteroatoms. The lowest BCUT2D eigenvalue weighted by molar-refractivity contribution is -0.124. The predicted molar refractivity (Wildman–Crippen MR) is 86.9 cm³/mol. The summed E-state index contributed by atoms with van der Waals surface area (Å²) in [7, 11) is -3.04. The van der Waals surface area contributed by atoms with Crippen molar-refractivity contribution in [2.24, 2.45) is 0 Å². The zero-order valence-electron chi connectivity index (χ0n) is 13.0. The van der Waals surface area contributed by atoms with E-state index in [1.165, 1.54) is 4.90 Å². The van der Waals surface area contributed by atoms with Crippen molar-refractivity contribution in [2.75, 3.05) is 16.4 Å². The molecule has 2 unspecified atom stereocenters. The maximum Gasteiger partial charge on any atom is 0.243 e. The highest BCUT2D eigenvalue weighted by atomic mass is 32.2. The van der Waals surface area contributed by atoms with Crippen LogP contribution in [0.2, 0.25) is 0 Å². The third kappa shape index (κ3) is 3.39.